The van der Waals surface area contributed by atoms with Gasteiger partial charge in [0.05, 0.1) is 7.11 Å². The number of ketones is 1. The van der Waals surface area contributed by atoms with Crippen molar-refractivity contribution in [3.05, 3.63) is 71.3 Å². The summed E-state index contributed by atoms with van der Waals surface area (Å²) in [6.45, 7) is -0.549. The van der Waals surface area contributed by atoms with Gasteiger partial charge in [0, 0.05) is 17.2 Å². The molecule has 4 nitrogen and oxygen atoms in total. The zero-order chi connectivity index (χ0) is 17.5. The molecule has 0 radical (unpaired) electrons. The molecule has 0 heterocycles. The maximum absolute atomic E-state index is 13.5. The van der Waals surface area contributed by atoms with Crippen molar-refractivity contribution >= 4 is 17.8 Å². The van der Waals surface area contributed by atoms with Crippen LogP contribution in [0.5, 0.6) is 5.75 Å². The molecule has 0 atom stereocenters. The molecule has 0 saturated heterocycles. The van der Waals surface area contributed by atoms with Crippen LogP contribution in [-0.2, 0) is 9.53 Å². The molecule has 0 bridgehead atoms. The van der Waals surface area contributed by atoms with Gasteiger partial charge in [-0.25, -0.2) is 13.6 Å². The van der Waals surface area contributed by atoms with Crippen molar-refractivity contribution in [2.75, 3.05) is 13.7 Å². The highest BCUT2D eigenvalue weighted by Gasteiger charge is 2.12. The summed E-state index contributed by atoms with van der Waals surface area (Å²) in [6.07, 6.45) is 2.26. The molecule has 0 amide bonds. The number of halogens is 2. The first-order valence-electron chi connectivity index (χ1n) is 6.97. The van der Waals surface area contributed by atoms with Crippen LogP contribution in [0, 0.1) is 11.6 Å². The van der Waals surface area contributed by atoms with Gasteiger partial charge in [-0.3, -0.25) is 4.79 Å². The highest BCUT2D eigenvalue weighted by molar-refractivity contribution is 5.99. The van der Waals surface area contributed by atoms with Gasteiger partial charge in [0.1, 0.15) is 5.82 Å². The second kappa shape index (κ2) is 8.01. The minimum absolute atomic E-state index is 0.0105. The molecule has 0 aliphatic heterocycles. The van der Waals surface area contributed by atoms with E-state index in [9.17, 15) is 18.4 Å². The Balaban J connectivity index is 1.93. The fraction of sp³-hybridized carbons (Fsp3) is 0.111. The Hall–Kier alpha value is -3.02. The van der Waals surface area contributed by atoms with Crippen molar-refractivity contribution in [3.8, 4) is 5.75 Å². The lowest BCUT2D eigenvalue weighted by atomic mass is 10.1. The topological polar surface area (TPSA) is 52.6 Å². The zero-order valence-corrected chi connectivity index (χ0v) is 12.8. The SMILES string of the molecule is COc1ccc(C(=O)COC(=O)/C=C/c2ccccc2F)cc1F. The van der Waals surface area contributed by atoms with E-state index >= 15 is 0 Å². The van der Waals surface area contributed by atoms with Crippen LogP contribution in [0.1, 0.15) is 15.9 Å². The summed E-state index contributed by atoms with van der Waals surface area (Å²) in [4.78, 5) is 23.4. The second-order valence-corrected chi connectivity index (χ2v) is 4.74. The smallest absolute Gasteiger partial charge is 0.331 e. The molecule has 0 aliphatic carbocycles. The number of methoxy groups -OCH3 is 1. The van der Waals surface area contributed by atoms with Crippen molar-refractivity contribution in [1.82, 2.24) is 0 Å². The lowest BCUT2D eigenvalue weighted by molar-refractivity contribution is -0.136. The van der Waals surface area contributed by atoms with Crippen molar-refractivity contribution in [2.24, 2.45) is 0 Å². The van der Waals surface area contributed by atoms with Crippen molar-refractivity contribution in [3.63, 3.8) is 0 Å². The van der Waals surface area contributed by atoms with Crippen molar-refractivity contribution < 1.29 is 27.8 Å². The number of hydrogen-bond donors (Lipinski definition) is 0. The first kappa shape index (κ1) is 17.3. The van der Waals surface area contributed by atoms with Crippen LogP contribution in [0.4, 0.5) is 8.78 Å². The van der Waals surface area contributed by atoms with Gasteiger partial charge >= 0.3 is 5.97 Å². The van der Waals surface area contributed by atoms with Crippen molar-refractivity contribution in [1.29, 1.82) is 0 Å². The van der Waals surface area contributed by atoms with Gasteiger partial charge in [-0.05, 0) is 30.3 Å². The molecule has 0 spiro atoms. The molecule has 0 saturated carbocycles. The predicted octanol–water partition coefficient (Wildman–Crippen LogP) is 3.41. The quantitative estimate of drug-likeness (QED) is 0.462. The van der Waals surface area contributed by atoms with Crippen LogP contribution in [0.2, 0.25) is 0 Å². The molecule has 2 rings (SSSR count). The van der Waals surface area contributed by atoms with E-state index in [-0.39, 0.29) is 16.9 Å². The van der Waals surface area contributed by atoms with Crippen LogP contribution in [0.3, 0.4) is 0 Å². The lowest BCUT2D eigenvalue weighted by Gasteiger charge is -2.05. The number of benzene rings is 2. The number of Topliss-reactive ketones (excluding diaryl/α,β-unsaturated/α-hetero) is 1. The van der Waals surface area contributed by atoms with E-state index in [2.05, 4.69) is 0 Å². The summed E-state index contributed by atoms with van der Waals surface area (Å²) in [6, 6.07) is 9.57. The summed E-state index contributed by atoms with van der Waals surface area (Å²) < 4.78 is 36.4. The van der Waals surface area contributed by atoms with Gasteiger partial charge in [-0.2, -0.15) is 0 Å². The van der Waals surface area contributed by atoms with E-state index in [0.717, 1.165) is 12.1 Å². The number of hydrogen-bond acceptors (Lipinski definition) is 4. The highest BCUT2D eigenvalue weighted by atomic mass is 19.1. The third kappa shape index (κ3) is 4.49. The minimum atomic E-state index is -0.805. The summed E-state index contributed by atoms with van der Waals surface area (Å²) in [5.74, 6) is -2.53. The summed E-state index contributed by atoms with van der Waals surface area (Å²) in [5.41, 5.74) is 0.275. The average Bonchev–Trinajstić information content (AvgIpc) is 2.58. The van der Waals surface area contributed by atoms with Gasteiger partial charge in [0.2, 0.25) is 0 Å². The highest BCUT2D eigenvalue weighted by Crippen LogP contribution is 2.18. The van der Waals surface area contributed by atoms with Crippen LogP contribution < -0.4 is 4.74 Å². The van der Waals surface area contributed by atoms with Gasteiger partial charge in [-0.15, -0.1) is 0 Å². The Morgan fingerprint density at radius 2 is 1.83 bits per heavy atom. The summed E-state index contributed by atoms with van der Waals surface area (Å²) in [5, 5.41) is 0. The molecule has 0 unspecified atom stereocenters. The maximum atomic E-state index is 13.5. The molecule has 24 heavy (non-hydrogen) atoms. The Labute approximate surface area is 137 Å². The van der Waals surface area contributed by atoms with Crippen LogP contribution in [0.25, 0.3) is 6.08 Å². The molecule has 0 aromatic heterocycles. The molecule has 124 valence electrons. The van der Waals surface area contributed by atoms with Gasteiger partial charge < -0.3 is 9.47 Å². The maximum Gasteiger partial charge on any atom is 0.331 e. The molecule has 2 aromatic rings. The van der Waals surface area contributed by atoms with E-state index < -0.39 is 30.0 Å². The van der Waals surface area contributed by atoms with Crippen LogP contribution >= 0.6 is 0 Å². The third-order valence-corrected chi connectivity index (χ3v) is 3.12. The van der Waals surface area contributed by atoms with Gasteiger partial charge in [0.25, 0.3) is 0 Å². The standard InChI is InChI=1S/C18H14F2O4/c1-23-17-8-6-13(10-15(17)20)16(21)11-24-18(22)9-7-12-4-2-3-5-14(12)19/h2-10H,11H2,1H3/b9-7+. The Morgan fingerprint density at radius 3 is 2.50 bits per heavy atom. The molecule has 6 heteroatoms. The Kier molecular flexibility index (Phi) is 5.78. The monoisotopic (exact) mass is 332 g/mol. The predicted molar refractivity (Wildman–Crippen MR) is 83.7 cm³/mol. The first-order valence-corrected chi connectivity index (χ1v) is 6.97. The van der Waals surface area contributed by atoms with E-state index in [1.165, 1.54) is 43.5 Å². The number of ether oxygens (including phenoxy) is 2. The fourth-order valence-corrected chi connectivity index (χ4v) is 1.88. The number of rotatable bonds is 6. The Morgan fingerprint density at radius 1 is 1.08 bits per heavy atom. The second-order valence-electron chi connectivity index (χ2n) is 4.74. The van der Waals surface area contributed by atoms with Crippen molar-refractivity contribution in [2.45, 2.75) is 0 Å². The molecule has 0 fully saturated rings. The number of carbonyl (C=O) groups excluding carboxylic acids is 2. The number of carbonyl (C=O) groups is 2. The molecular weight excluding hydrogens is 318 g/mol. The molecule has 2 aromatic carbocycles. The van der Waals surface area contributed by atoms with E-state index in [1.54, 1.807) is 6.07 Å². The summed E-state index contributed by atoms with van der Waals surface area (Å²) >= 11 is 0. The van der Waals surface area contributed by atoms with E-state index in [0.29, 0.717) is 0 Å². The number of esters is 1. The normalized spacial score (nSPS) is 10.6. The van der Waals surface area contributed by atoms with E-state index in [1.807, 2.05) is 0 Å². The molecular formula is C18H14F2O4. The lowest BCUT2D eigenvalue weighted by Crippen LogP contribution is -2.12. The zero-order valence-electron chi connectivity index (χ0n) is 12.8. The largest absolute Gasteiger partial charge is 0.494 e. The molecule has 0 aliphatic rings. The third-order valence-electron chi connectivity index (χ3n) is 3.12. The first-order chi connectivity index (χ1) is 11.5. The average molecular weight is 332 g/mol. The van der Waals surface area contributed by atoms with Crippen LogP contribution in [-0.4, -0.2) is 25.5 Å². The van der Waals surface area contributed by atoms with E-state index in [4.69, 9.17) is 9.47 Å². The van der Waals surface area contributed by atoms with Gasteiger partial charge in [-0.1, -0.05) is 18.2 Å². The fourth-order valence-electron chi connectivity index (χ4n) is 1.88. The van der Waals surface area contributed by atoms with Crippen LogP contribution in [0.15, 0.2) is 48.5 Å². The minimum Gasteiger partial charge on any atom is -0.494 e. The van der Waals surface area contributed by atoms with Gasteiger partial charge in [0.15, 0.2) is 24.0 Å². The summed E-state index contributed by atoms with van der Waals surface area (Å²) in [7, 11) is 1.31. The molecule has 0 N–H and O–H groups in total. The Bertz CT molecular complexity index is 784.